The van der Waals surface area contributed by atoms with E-state index in [1.165, 1.54) is 23.1 Å². The third-order valence-electron chi connectivity index (χ3n) is 7.39. The van der Waals surface area contributed by atoms with Gasteiger partial charge in [0.05, 0.1) is 19.0 Å². The number of allylic oxidation sites excluding steroid dienone is 1. The summed E-state index contributed by atoms with van der Waals surface area (Å²) in [5.74, 6) is -0.730. The summed E-state index contributed by atoms with van der Waals surface area (Å²) < 4.78 is 12.7. The monoisotopic (exact) mass is 448 g/mol. The van der Waals surface area contributed by atoms with Gasteiger partial charge in [-0.1, -0.05) is 58.0 Å². The van der Waals surface area contributed by atoms with Gasteiger partial charge in [-0.2, -0.15) is 0 Å². The second kappa shape index (κ2) is 8.73. The Morgan fingerprint density at radius 3 is 2.09 bits per heavy atom. The number of aliphatic hydroxyl groups excluding tert-OH is 1. The molecule has 0 saturated carbocycles. The van der Waals surface area contributed by atoms with Gasteiger partial charge in [0.15, 0.2) is 0 Å². The van der Waals surface area contributed by atoms with Crippen molar-refractivity contribution in [3.05, 3.63) is 75.5 Å². The van der Waals surface area contributed by atoms with E-state index in [4.69, 9.17) is 9.47 Å². The van der Waals surface area contributed by atoms with E-state index < -0.39 is 5.79 Å². The summed E-state index contributed by atoms with van der Waals surface area (Å²) in [4.78, 5) is 10.6. The first kappa shape index (κ1) is 23.7. The zero-order valence-corrected chi connectivity index (χ0v) is 20.5. The highest BCUT2D eigenvalue weighted by Crippen LogP contribution is 2.49. The summed E-state index contributed by atoms with van der Waals surface area (Å²) >= 11 is 0. The molecule has 2 aromatic carbocycles. The molecule has 0 unspecified atom stereocenters. The number of ether oxygens (including phenoxy) is 2. The minimum absolute atomic E-state index is 0.0980. The topological polar surface area (TPSA) is 55.8 Å². The fourth-order valence-corrected chi connectivity index (χ4v) is 5.24. The number of rotatable bonds is 6. The fourth-order valence-electron chi connectivity index (χ4n) is 5.24. The summed E-state index contributed by atoms with van der Waals surface area (Å²) in [5, 5.41) is 10.0. The zero-order valence-electron chi connectivity index (χ0n) is 20.5. The molecule has 4 rings (SSSR count). The van der Waals surface area contributed by atoms with Crippen molar-refractivity contribution in [2.45, 2.75) is 76.9 Å². The van der Waals surface area contributed by atoms with E-state index in [0.29, 0.717) is 26.1 Å². The molecule has 0 amide bonds. The zero-order chi connectivity index (χ0) is 23.9. The highest BCUT2D eigenvalue weighted by Gasteiger charge is 2.44. The number of carbonyl (C=O) groups is 1. The van der Waals surface area contributed by atoms with Crippen molar-refractivity contribution in [3.8, 4) is 0 Å². The van der Waals surface area contributed by atoms with Crippen molar-refractivity contribution in [1.82, 2.24) is 0 Å². The van der Waals surface area contributed by atoms with Crippen molar-refractivity contribution in [1.29, 1.82) is 0 Å². The molecule has 1 aliphatic heterocycles. The van der Waals surface area contributed by atoms with Gasteiger partial charge in [0, 0.05) is 24.0 Å². The van der Waals surface area contributed by atoms with E-state index in [1.807, 2.05) is 24.3 Å². The van der Waals surface area contributed by atoms with Crippen LogP contribution in [0.4, 0.5) is 0 Å². The Labute approximate surface area is 197 Å². The van der Waals surface area contributed by atoms with E-state index in [0.717, 1.165) is 29.4 Å². The van der Waals surface area contributed by atoms with Crippen LogP contribution in [-0.2, 0) is 30.9 Å². The van der Waals surface area contributed by atoms with E-state index in [2.05, 4.69) is 46.8 Å². The first-order valence-corrected chi connectivity index (χ1v) is 12.0. The van der Waals surface area contributed by atoms with Crippen LogP contribution in [-0.4, -0.2) is 24.6 Å². The third-order valence-corrected chi connectivity index (χ3v) is 7.39. The molecular weight excluding hydrogens is 412 g/mol. The molecule has 1 heterocycles. The van der Waals surface area contributed by atoms with Crippen LogP contribution in [0.5, 0.6) is 0 Å². The molecule has 0 aromatic heterocycles. The molecule has 1 N–H and O–H groups in total. The van der Waals surface area contributed by atoms with E-state index in [1.54, 1.807) is 6.08 Å². The molecule has 0 atom stereocenters. The maximum absolute atomic E-state index is 10.6. The van der Waals surface area contributed by atoms with Crippen LogP contribution >= 0.6 is 0 Å². The van der Waals surface area contributed by atoms with Gasteiger partial charge in [-0.05, 0) is 65.0 Å². The molecule has 4 nitrogen and oxygen atoms in total. The second-order valence-corrected chi connectivity index (χ2v) is 10.8. The summed E-state index contributed by atoms with van der Waals surface area (Å²) in [6, 6.07) is 12.6. The number of aryl methyl sites for hydroxylation is 1. The molecule has 33 heavy (non-hydrogen) atoms. The molecule has 2 aromatic rings. The lowest BCUT2D eigenvalue weighted by atomic mass is 9.62. The average Bonchev–Trinajstić information content (AvgIpc) is 3.27. The first-order chi connectivity index (χ1) is 15.6. The smallest absolute Gasteiger partial charge is 0.222 e. The standard InChI is InChI=1S/C29H36O4/c1-20-17-25-26(28(4,5)13-12-27(25,2)3)19-24(20)29(32-15-16-33-29)22-10-8-21(9-11-22)18-23(31)7-6-14-30/h8-11,14,17-19,31H,6-7,12-13,15-16H2,1-5H3/b23-18-. The predicted octanol–water partition coefficient (Wildman–Crippen LogP) is 6.47. The molecule has 2 aliphatic rings. The second-order valence-electron chi connectivity index (χ2n) is 10.8. The Bertz CT molecular complexity index is 1050. The van der Waals surface area contributed by atoms with Crippen molar-refractivity contribution in [2.75, 3.05) is 13.2 Å². The Morgan fingerprint density at radius 2 is 1.52 bits per heavy atom. The normalized spacial score (nSPS) is 20.9. The third kappa shape index (κ3) is 4.39. The highest BCUT2D eigenvalue weighted by atomic mass is 16.7. The van der Waals surface area contributed by atoms with Gasteiger partial charge < -0.3 is 19.4 Å². The van der Waals surface area contributed by atoms with Crippen LogP contribution in [0, 0.1) is 6.92 Å². The van der Waals surface area contributed by atoms with Crippen molar-refractivity contribution in [3.63, 3.8) is 0 Å². The molecule has 1 aliphatic carbocycles. The molecule has 0 spiro atoms. The van der Waals surface area contributed by atoms with Gasteiger partial charge in [0.25, 0.3) is 0 Å². The number of fused-ring (bicyclic) bond motifs is 1. The van der Waals surface area contributed by atoms with Crippen LogP contribution in [0.15, 0.2) is 42.2 Å². The predicted molar refractivity (Wildman–Crippen MR) is 131 cm³/mol. The lowest BCUT2D eigenvalue weighted by Crippen LogP contribution is -2.36. The summed E-state index contributed by atoms with van der Waals surface area (Å²) in [6.45, 7) is 12.6. The van der Waals surface area contributed by atoms with Gasteiger partial charge >= 0.3 is 0 Å². The fraction of sp³-hybridized carbons (Fsp3) is 0.483. The van der Waals surface area contributed by atoms with Crippen LogP contribution in [0.25, 0.3) is 6.08 Å². The van der Waals surface area contributed by atoms with Gasteiger partial charge in [0.2, 0.25) is 5.79 Å². The van der Waals surface area contributed by atoms with Crippen LogP contribution < -0.4 is 0 Å². The summed E-state index contributed by atoms with van der Waals surface area (Å²) in [6.07, 6.45) is 5.51. The Balaban J connectivity index is 1.77. The molecule has 176 valence electrons. The van der Waals surface area contributed by atoms with Crippen LogP contribution in [0.2, 0.25) is 0 Å². The largest absolute Gasteiger partial charge is 0.512 e. The molecule has 1 fully saturated rings. The maximum atomic E-state index is 10.6. The number of benzene rings is 2. The summed E-state index contributed by atoms with van der Waals surface area (Å²) in [7, 11) is 0. The minimum Gasteiger partial charge on any atom is -0.512 e. The molecule has 0 bridgehead atoms. The molecule has 0 radical (unpaired) electrons. The van der Waals surface area contributed by atoms with Crippen LogP contribution in [0.3, 0.4) is 0 Å². The first-order valence-electron chi connectivity index (χ1n) is 12.0. The van der Waals surface area contributed by atoms with Gasteiger partial charge in [-0.15, -0.1) is 0 Å². The number of hydrogen-bond donors (Lipinski definition) is 1. The highest BCUT2D eigenvalue weighted by molar-refractivity contribution is 5.56. The molecular formula is C29H36O4. The van der Waals surface area contributed by atoms with E-state index >= 15 is 0 Å². The van der Waals surface area contributed by atoms with Gasteiger partial charge in [-0.3, -0.25) is 0 Å². The number of aldehydes is 1. The van der Waals surface area contributed by atoms with Crippen LogP contribution in [0.1, 0.15) is 86.8 Å². The lowest BCUT2D eigenvalue weighted by molar-refractivity contribution is -0.130. The van der Waals surface area contributed by atoms with Gasteiger partial charge in [-0.25, -0.2) is 0 Å². The van der Waals surface area contributed by atoms with Crippen molar-refractivity contribution >= 4 is 12.4 Å². The SMILES string of the molecule is Cc1cc2c(cc1C1(c3ccc(/C=C(\O)CCC=O)cc3)OCCO1)C(C)(C)CCC2(C)C. The van der Waals surface area contributed by atoms with Crippen molar-refractivity contribution < 1.29 is 19.4 Å². The number of aliphatic hydroxyl groups is 1. The Hall–Kier alpha value is -2.43. The summed E-state index contributed by atoms with van der Waals surface area (Å²) in [5.41, 5.74) is 7.13. The lowest BCUT2D eigenvalue weighted by Gasteiger charge is -2.43. The van der Waals surface area contributed by atoms with E-state index in [-0.39, 0.29) is 16.6 Å². The van der Waals surface area contributed by atoms with Gasteiger partial charge in [0.1, 0.15) is 6.29 Å². The Kier molecular flexibility index (Phi) is 6.28. The molecule has 4 heteroatoms. The minimum atomic E-state index is -0.932. The average molecular weight is 449 g/mol. The maximum Gasteiger partial charge on any atom is 0.222 e. The van der Waals surface area contributed by atoms with E-state index in [9.17, 15) is 9.90 Å². The quantitative estimate of drug-likeness (QED) is 0.406. The number of hydrogen-bond acceptors (Lipinski definition) is 4. The Morgan fingerprint density at radius 1 is 0.939 bits per heavy atom. The number of carbonyl (C=O) groups excluding carboxylic acids is 1. The molecule has 1 saturated heterocycles. The van der Waals surface area contributed by atoms with Crippen molar-refractivity contribution in [2.24, 2.45) is 0 Å².